The van der Waals surface area contributed by atoms with Crippen LogP contribution in [0.5, 0.6) is 0 Å². The van der Waals surface area contributed by atoms with Crippen molar-refractivity contribution in [3.63, 3.8) is 0 Å². The van der Waals surface area contributed by atoms with E-state index in [0.29, 0.717) is 0 Å². The third-order valence-corrected chi connectivity index (χ3v) is 1.36. The topological polar surface area (TPSA) is 116 Å². The molecule has 0 aliphatic rings. The first-order chi connectivity index (χ1) is 8.58. The molecule has 0 saturated heterocycles. The zero-order valence-electron chi connectivity index (χ0n) is 8.68. The zero-order valence-corrected chi connectivity index (χ0v) is 8.68. The van der Waals surface area contributed by atoms with E-state index in [2.05, 4.69) is 19.7 Å². The van der Waals surface area contributed by atoms with Crippen LogP contribution in [0.2, 0.25) is 0 Å². The lowest BCUT2D eigenvalue weighted by Gasteiger charge is -2.27. The number of azide groups is 2. The molecule has 0 saturated carbocycles. The highest BCUT2D eigenvalue weighted by molar-refractivity contribution is 4.80. The SMILES string of the molecule is [N-]=[N+]=NCOC(F)(F)OC(F)(F)C(F)(F)CN=[N+]=[N-]. The van der Waals surface area contributed by atoms with Gasteiger partial charge in [0.25, 0.3) is 0 Å². The van der Waals surface area contributed by atoms with Crippen molar-refractivity contribution in [2.24, 2.45) is 10.2 Å². The van der Waals surface area contributed by atoms with Crippen molar-refractivity contribution < 1.29 is 35.8 Å². The van der Waals surface area contributed by atoms with Gasteiger partial charge in [0.05, 0.1) is 6.54 Å². The largest absolute Gasteiger partial charge is 0.490 e. The minimum Gasteiger partial charge on any atom is -0.290 e. The third kappa shape index (κ3) is 5.52. The zero-order chi connectivity index (χ0) is 15.2. The van der Waals surface area contributed by atoms with Crippen LogP contribution in [0.1, 0.15) is 0 Å². The van der Waals surface area contributed by atoms with Gasteiger partial charge in [0, 0.05) is 9.82 Å². The Kier molecular flexibility index (Phi) is 5.71. The molecular formula is C5H4F6N6O2. The van der Waals surface area contributed by atoms with Crippen molar-refractivity contribution >= 4 is 0 Å². The predicted octanol–water partition coefficient (Wildman–Crippen LogP) is 3.38. The molecule has 0 aliphatic heterocycles. The standard InChI is InChI=1S/C5H4F6N6O2/c6-3(7,1-14-16-12)4(8,9)19-5(10,11)18-2-15-17-13/h1-2H2. The molecule has 8 nitrogen and oxygen atoms in total. The Balaban J connectivity index is 4.81. The van der Waals surface area contributed by atoms with Gasteiger partial charge in [0.1, 0.15) is 6.73 Å². The van der Waals surface area contributed by atoms with Crippen molar-refractivity contribution in [1.29, 1.82) is 0 Å². The highest BCUT2D eigenvalue weighted by atomic mass is 19.3. The van der Waals surface area contributed by atoms with Gasteiger partial charge in [-0.2, -0.15) is 17.6 Å². The van der Waals surface area contributed by atoms with Gasteiger partial charge in [0.15, 0.2) is 0 Å². The Labute approximate surface area is 99.7 Å². The molecule has 0 aromatic heterocycles. The lowest BCUT2D eigenvalue weighted by Crippen LogP contribution is -2.49. The molecule has 0 aromatic rings. The second-order valence-electron chi connectivity index (χ2n) is 2.68. The van der Waals surface area contributed by atoms with Gasteiger partial charge >= 0.3 is 18.3 Å². The Bertz CT molecular complexity index is 403. The molecule has 14 heteroatoms. The maximum atomic E-state index is 12.7. The maximum Gasteiger partial charge on any atom is 0.490 e. The fourth-order valence-electron chi connectivity index (χ4n) is 0.596. The minimum absolute atomic E-state index is 1.43. The molecule has 0 fully saturated rings. The second-order valence-corrected chi connectivity index (χ2v) is 2.68. The van der Waals surface area contributed by atoms with Crippen LogP contribution < -0.4 is 0 Å². The van der Waals surface area contributed by atoms with Gasteiger partial charge in [-0.25, -0.2) is 4.74 Å². The molecule has 0 spiro atoms. The average Bonchev–Trinajstić information content (AvgIpc) is 2.24. The smallest absolute Gasteiger partial charge is 0.290 e. The average molecular weight is 294 g/mol. The summed E-state index contributed by atoms with van der Waals surface area (Å²) in [4.78, 5) is 3.72. The molecule has 0 heterocycles. The number of alkyl halides is 6. The Hall–Kier alpha value is -1.88. The van der Waals surface area contributed by atoms with Crippen molar-refractivity contribution in [3.8, 4) is 0 Å². The van der Waals surface area contributed by atoms with Gasteiger partial charge in [-0.3, -0.25) is 4.74 Å². The van der Waals surface area contributed by atoms with Crippen LogP contribution in [0, 0.1) is 0 Å². The van der Waals surface area contributed by atoms with E-state index in [9.17, 15) is 26.3 Å². The lowest BCUT2D eigenvalue weighted by molar-refractivity contribution is -0.495. The highest BCUT2D eigenvalue weighted by Gasteiger charge is 2.62. The van der Waals surface area contributed by atoms with Gasteiger partial charge < -0.3 is 0 Å². The lowest BCUT2D eigenvalue weighted by atomic mass is 10.3. The number of halogens is 6. The molecule has 0 N–H and O–H groups in total. The van der Waals surface area contributed by atoms with Crippen LogP contribution in [0.25, 0.3) is 20.9 Å². The van der Waals surface area contributed by atoms with Crippen LogP contribution in [-0.2, 0) is 9.47 Å². The van der Waals surface area contributed by atoms with Crippen molar-refractivity contribution in [2.45, 2.75) is 18.3 Å². The van der Waals surface area contributed by atoms with E-state index >= 15 is 0 Å². The molecule has 0 atom stereocenters. The Morgan fingerprint density at radius 2 is 1.47 bits per heavy atom. The van der Waals surface area contributed by atoms with Gasteiger partial charge in [-0.05, 0) is 11.1 Å². The van der Waals surface area contributed by atoms with Gasteiger partial charge in [-0.1, -0.05) is 10.2 Å². The van der Waals surface area contributed by atoms with Crippen molar-refractivity contribution in [2.75, 3.05) is 13.3 Å². The van der Waals surface area contributed by atoms with Gasteiger partial charge in [-0.15, -0.1) is 8.78 Å². The second kappa shape index (κ2) is 6.33. The summed E-state index contributed by atoms with van der Waals surface area (Å²) in [5.41, 5.74) is 15.4. The fraction of sp³-hybridized carbons (Fsp3) is 1.00. The number of hydrogen-bond donors (Lipinski definition) is 0. The third-order valence-electron chi connectivity index (χ3n) is 1.36. The number of hydrogen-bond acceptors (Lipinski definition) is 4. The molecule has 0 rings (SSSR count). The monoisotopic (exact) mass is 294 g/mol. The predicted molar refractivity (Wildman–Crippen MR) is 45.0 cm³/mol. The molecular weight excluding hydrogens is 290 g/mol. The first-order valence-corrected chi connectivity index (χ1v) is 4.07. The molecule has 0 unspecified atom stereocenters. The maximum absolute atomic E-state index is 12.7. The van der Waals surface area contributed by atoms with Gasteiger partial charge in [0.2, 0.25) is 0 Å². The summed E-state index contributed by atoms with van der Waals surface area (Å²) in [5, 5.41) is 4.53. The van der Waals surface area contributed by atoms with Crippen LogP contribution >= 0.6 is 0 Å². The number of nitrogens with zero attached hydrogens (tertiary/aromatic N) is 6. The highest BCUT2D eigenvalue weighted by Crippen LogP contribution is 2.40. The molecule has 0 aliphatic carbocycles. The van der Waals surface area contributed by atoms with Crippen LogP contribution in [0.4, 0.5) is 26.3 Å². The quantitative estimate of drug-likeness (QED) is 0.224. The first kappa shape index (κ1) is 17.1. The summed E-state index contributed by atoms with van der Waals surface area (Å²) >= 11 is 0. The molecule has 0 aromatic carbocycles. The normalized spacial score (nSPS) is 12.5. The molecule has 108 valence electrons. The first-order valence-electron chi connectivity index (χ1n) is 4.07. The summed E-state index contributed by atoms with van der Waals surface area (Å²) in [6, 6.07) is 0. The number of rotatable bonds is 8. The van der Waals surface area contributed by atoms with Crippen molar-refractivity contribution in [3.05, 3.63) is 20.9 Å². The summed E-state index contributed by atoms with van der Waals surface area (Å²) in [6.45, 7) is -3.54. The fourth-order valence-corrected chi connectivity index (χ4v) is 0.596. The van der Waals surface area contributed by atoms with Crippen LogP contribution in [-0.4, -0.2) is 31.6 Å². The molecule has 0 amide bonds. The van der Waals surface area contributed by atoms with E-state index in [1.54, 1.807) is 4.91 Å². The Morgan fingerprint density at radius 1 is 0.947 bits per heavy atom. The van der Waals surface area contributed by atoms with E-state index in [-0.39, 0.29) is 0 Å². The summed E-state index contributed by atoms with van der Waals surface area (Å²) in [7, 11) is 0. The van der Waals surface area contributed by atoms with Crippen molar-refractivity contribution in [1.82, 2.24) is 0 Å². The summed E-state index contributed by atoms with van der Waals surface area (Å²) in [6.07, 6.45) is -10.8. The van der Waals surface area contributed by atoms with Crippen LogP contribution in [0.15, 0.2) is 10.2 Å². The van der Waals surface area contributed by atoms with E-state index in [1.165, 1.54) is 0 Å². The Morgan fingerprint density at radius 3 is 1.95 bits per heavy atom. The van der Waals surface area contributed by atoms with E-state index in [0.717, 1.165) is 0 Å². The van der Waals surface area contributed by atoms with E-state index in [1.807, 2.05) is 4.91 Å². The molecule has 0 bridgehead atoms. The summed E-state index contributed by atoms with van der Waals surface area (Å²) < 4.78 is 81.7. The minimum atomic E-state index is -5.68. The number of ether oxygens (including phenoxy) is 2. The van der Waals surface area contributed by atoms with Crippen LogP contribution in [0.3, 0.4) is 0 Å². The molecule has 0 radical (unpaired) electrons. The summed E-state index contributed by atoms with van der Waals surface area (Å²) in [5.74, 6) is -5.19. The van der Waals surface area contributed by atoms with E-state index < -0.39 is 31.6 Å². The molecule has 19 heavy (non-hydrogen) atoms. The van der Waals surface area contributed by atoms with E-state index in [4.69, 9.17) is 11.1 Å².